The van der Waals surface area contributed by atoms with Crippen molar-refractivity contribution in [2.24, 2.45) is 0 Å². The molecule has 1 aliphatic rings. The molecule has 0 aromatic rings. The predicted molar refractivity (Wildman–Crippen MR) is 47.3 cm³/mol. The Balaban J connectivity index is 2.33. The maximum absolute atomic E-state index is 8.64. The van der Waals surface area contributed by atoms with Crippen LogP contribution in [-0.4, -0.2) is 42.4 Å². The second kappa shape index (κ2) is 5.54. The van der Waals surface area contributed by atoms with E-state index in [2.05, 4.69) is 0 Å². The summed E-state index contributed by atoms with van der Waals surface area (Å²) in [7, 11) is 0. The van der Waals surface area contributed by atoms with Gasteiger partial charge in [0.1, 0.15) is 0 Å². The van der Waals surface area contributed by atoms with E-state index in [4.69, 9.17) is 19.7 Å². The Labute approximate surface area is 78.5 Å². The fraction of sp³-hybridized carbons (Fsp3) is 1.00. The molecule has 0 radical (unpaired) electrons. The lowest BCUT2D eigenvalue weighted by Crippen LogP contribution is -2.34. The molecule has 0 spiro atoms. The largest absolute Gasteiger partial charge is 0.394 e. The first kappa shape index (κ1) is 10.9. The summed E-state index contributed by atoms with van der Waals surface area (Å²) in [6, 6.07) is 0. The minimum absolute atomic E-state index is 0.0181. The average molecular weight is 190 g/mol. The molecule has 0 aromatic carbocycles. The lowest BCUT2D eigenvalue weighted by atomic mass is 10.2. The first-order chi connectivity index (χ1) is 6.33. The Hall–Kier alpha value is -0.160. The molecule has 78 valence electrons. The number of rotatable bonds is 6. The third-order valence-electron chi connectivity index (χ3n) is 2.28. The Kier molecular flexibility index (Phi) is 4.66. The highest BCUT2D eigenvalue weighted by atomic mass is 16.7. The van der Waals surface area contributed by atoms with Gasteiger partial charge in [0, 0.05) is 12.8 Å². The zero-order chi connectivity index (χ0) is 9.57. The maximum atomic E-state index is 8.64. The number of aliphatic hydroxyl groups excluding tert-OH is 2. The van der Waals surface area contributed by atoms with Crippen molar-refractivity contribution in [3.05, 3.63) is 0 Å². The van der Waals surface area contributed by atoms with E-state index < -0.39 is 5.79 Å². The van der Waals surface area contributed by atoms with Crippen molar-refractivity contribution < 1.29 is 19.7 Å². The molecule has 0 amide bonds. The van der Waals surface area contributed by atoms with Crippen LogP contribution in [0.1, 0.15) is 25.7 Å². The minimum atomic E-state index is -0.522. The van der Waals surface area contributed by atoms with Gasteiger partial charge in [-0.15, -0.1) is 0 Å². The highest BCUT2D eigenvalue weighted by molar-refractivity contribution is 4.77. The summed E-state index contributed by atoms with van der Waals surface area (Å²) in [6.07, 6.45) is 3.92. The van der Waals surface area contributed by atoms with Crippen LogP contribution in [0.5, 0.6) is 0 Å². The molecule has 0 aromatic heterocycles. The zero-order valence-electron chi connectivity index (χ0n) is 7.87. The van der Waals surface area contributed by atoms with Gasteiger partial charge in [-0.2, -0.15) is 0 Å². The molecular formula is C9H18O4. The third kappa shape index (κ3) is 3.23. The lowest BCUT2D eigenvalue weighted by molar-refractivity contribution is -0.238. The van der Waals surface area contributed by atoms with E-state index in [1.807, 2.05) is 0 Å². The van der Waals surface area contributed by atoms with Gasteiger partial charge in [-0.1, -0.05) is 0 Å². The summed E-state index contributed by atoms with van der Waals surface area (Å²) < 4.78 is 10.9. The molecule has 1 rings (SSSR count). The maximum Gasteiger partial charge on any atom is 0.168 e. The van der Waals surface area contributed by atoms with E-state index in [-0.39, 0.29) is 13.2 Å². The van der Waals surface area contributed by atoms with E-state index in [1.165, 1.54) is 0 Å². The van der Waals surface area contributed by atoms with Crippen LogP contribution < -0.4 is 0 Å². The number of hydrogen-bond donors (Lipinski definition) is 2. The van der Waals surface area contributed by atoms with Crippen LogP contribution in [0, 0.1) is 0 Å². The molecule has 0 unspecified atom stereocenters. The molecule has 4 nitrogen and oxygen atoms in total. The topological polar surface area (TPSA) is 58.9 Å². The van der Waals surface area contributed by atoms with Gasteiger partial charge >= 0.3 is 0 Å². The van der Waals surface area contributed by atoms with Crippen LogP contribution in [0.3, 0.4) is 0 Å². The van der Waals surface area contributed by atoms with Gasteiger partial charge in [0.2, 0.25) is 0 Å². The van der Waals surface area contributed by atoms with Crippen LogP contribution >= 0.6 is 0 Å². The molecule has 1 fully saturated rings. The summed E-state index contributed by atoms with van der Waals surface area (Å²) in [6.45, 7) is 0.658. The normalized spacial score (nSPS) is 20.8. The van der Waals surface area contributed by atoms with E-state index in [1.54, 1.807) is 0 Å². The molecule has 0 aliphatic heterocycles. The van der Waals surface area contributed by atoms with E-state index in [0.717, 1.165) is 25.7 Å². The Bertz CT molecular complexity index is 122. The van der Waals surface area contributed by atoms with E-state index >= 15 is 0 Å². The molecule has 2 N–H and O–H groups in total. The monoisotopic (exact) mass is 190 g/mol. The van der Waals surface area contributed by atoms with E-state index in [0.29, 0.717) is 13.2 Å². The van der Waals surface area contributed by atoms with Gasteiger partial charge in [0.25, 0.3) is 0 Å². The molecule has 0 heterocycles. The fourth-order valence-electron chi connectivity index (χ4n) is 1.71. The molecule has 1 saturated carbocycles. The molecule has 4 heteroatoms. The van der Waals surface area contributed by atoms with E-state index in [9.17, 15) is 0 Å². The minimum Gasteiger partial charge on any atom is -0.394 e. The van der Waals surface area contributed by atoms with Gasteiger partial charge < -0.3 is 19.7 Å². The Morgan fingerprint density at radius 1 is 0.923 bits per heavy atom. The van der Waals surface area contributed by atoms with Crippen molar-refractivity contribution in [1.82, 2.24) is 0 Å². The van der Waals surface area contributed by atoms with Gasteiger partial charge in [0.15, 0.2) is 5.79 Å². The molecule has 0 bridgehead atoms. The first-order valence-electron chi connectivity index (χ1n) is 4.83. The van der Waals surface area contributed by atoms with Crippen molar-refractivity contribution >= 4 is 0 Å². The number of aliphatic hydroxyl groups is 2. The predicted octanol–water partition coefficient (Wildman–Crippen LogP) is 0.274. The number of ether oxygens (including phenoxy) is 2. The highest BCUT2D eigenvalue weighted by Crippen LogP contribution is 2.34. The summed E-state index contributed by atoms with van der Waals surface area (Å²) in [4.78, 5) is 0. The Morgan fingerprint density at radius 2 is 1.38 bits per heavy atom. The van der Waals surface area contributed by atoms with Crippen LogP contribution in [0.25, 0.3) is 0 Å². The average Bonchev–Trinajstić information content (AvgIpc) is 2.61. The van der Waals surface area contributed by atoms with Crippen molar-refractivity contribution in [3.63, 3.8) is 0 Å². The van der Waals surface area contributed by atoms with Gasteiger partial charge in [0.05, 0.1) is 26.4 Å². The number of hydrogen-bond acceptors (Lipinski definition) is 4. The SMILES string of the molecule is OCCOC1(OCCO)CCCC1. The molecule has 0 saturated heterocycles. The van der Waals surface area contributed by atoms with Gasteiger partial charge in [-0.3, -0.25) is 0 Å². The fourth-order valence-corrected chi connectivity index (χ4v) is 1.71. The second-order valence-corrected chi connectivity index (χ2v) is 3.26. The van der Waals surface area contributed by atoms with Crippen LogP contribution in [-0.2, 0) is 9.47 Å². The summed E-state index contributed by atoms with van der Waals surface area (Å²) in [5, 5.41) is 17.3. The molecule has 13 heavy (non-hydrogen) atoms. The van der Waals surface area contributed by atoms with Gasteiger partial charge in [-0.05, 0) is 12.8 Å². The standard InChI is InChI=1S/C9H18O4/c10-5-7-12-9(13-8-6-11)3-1-2-4-9/h10-11H,1-8H2. The molecule has 0 atom stereocenters. The van der Waals surface area contributed by atoms with Crippen molar-refractivity contribution in [3.8, 4) is 0 Å². The second-order valence-electron chi connectivity index (χ2n) is 3.26. The van der Waals surface area contributed by atoms with Crippen LogP contribution in [0.2, 0.25) is 0 Å². The third-order valence-corrected chi connectivity index (χ3v) is 2.28. The summed E-state index contributed by atoms with van der Waals surface area (Å²) in [5.74, 6) is -0.522. The van der Waals surface area contributed by atoms with Crippen LogP contribution in [0.4, 0.5) is 0 Å². The van der Waals surface area contributed by atoms with Crippen molar-refractivity contribution in [2.45, 2.75) is 31.5 Å². The summed E-state index contributed by atoms with van der Waals surface area (Å²) in [5.41, 5.74) is 0. The molecule has 1 aliphatic carbocycles. The smallest absolute Gasteiger partial charge is 0.168 e. The quantitative estimate of drug-likeness (QED) is 0.590. The van der Waals surface area contributed by atoms with Crippen molar-refractivity contribution in [2.75, 3.05) is 26.4 Å². The first-order valence-corrected chi connectivity index (χ1v) is 4.83. The van der Waals surface area contributed by atoms with Crippen LogP contribution in [0.15, 0.2) is 0 Å². The van der Waals surface area contributed by atoms with Gasteiger partial charge in [-0.25, -0.2) is 0 Å². The molecular weight excluding hydrogens is 172 g/mol. The lowest BCUT2D eigenvalue weighted by Gasteiger charge is -2.28. The van der Waals surface area contributed by atoms with Crippen molar-refractivity contribution in [1.29, 1.82) is 0 Å². The highest BCUT2D eigenvalue weighted by Gasteiger charge is 2.35. The summed E-state index contributed by atoms with van der Waals surface area (Å²) >= 11 is 0. The Morgan fingerprint density at radius 3 is 1.77 bits per heavy atom. The zero-order valence-corrected chi connectivity index (χ0v) is 7.87.